The van der Waals surface area contributed by atoms with Gasteiger partial charge in [-0.15, -0.1) is 0 Å². The van der Waals surface area contributed by atoms with Crippen LogP contribution in [0.15, 0.2) is 22.7 Å². The fourth-order valence-electron chi connectivity index (χ4n) is 3.40. The Labute approximate surface area is 128 Å². The van der Waals surface area contributed by atoms with Crippen LogP contribution in [0.25, 0.3) is 0 Å². The van der Waals surface area contributed by atoms with Crippen LogP contribution in [-0.2, 0) is 19.3 Å². The van der Waals surface area contributed by atoms with Crippen LogP contribution in [0.1, 0.15) is 40.2 Å². The number of anilines is 1. The number of aromatic nitrogens is 1. The molecule has 0 N–H and O–H groups in total. The number of nitrogens with zero attached hydrogens (tertiary/aromatic N) is 2. The second-order valence-electron chi connectivity index (χ2n) is 5.84. The van der Waals surface area contributed by atoms with Gasteiger partial charge in [-0.1, -0.05) is 5.16 Å². The quantitative estimate of drug-likeness (QED) is 0.855. The van der Waals surface area contributed by atoms with Crippen molar-refractivity contribution < 1.29 is 14.1 Å². The number of rotatable bonds is 2. The summed E-state index contributed by atoms with van der Waals surface area (Å²) in [5.74, 6) is 1.67. The molecule has 2 aliphatic rings. The highest BCUT2D eigenvalue weighted by Gasteiger charge is 2.31. The van der Waals surface area contributed by atoms with Crippen LogP contribution in [0.4, 0.5) is 5.69 Å². The number of fused-ring (bicyclic) bond motifs is 2. The van der Waals surface area contributed by atoms with Crippen molar-refractivity contribution in [3.05, 3.63) is 40.8 Å². The molecule has 5 nitrogen and oxygen atoms in total. The van der Waals surface area contributed by atoms with E-state index in [1.807, 2.05) is 23.1 Å². The number of ether oxygens (including phenoxy) is 1. The van der Waals surface area contributed by atoms with Gasteiger partial charge in [-0.25, -0.2) is 0 Å². The van der Waals surface area contributed by atoms with Crippen molar-refractivity contribution in [1.29, 1.82) is 0 Å². The van der Waals surface area contributed by atoms with Crippen molar-refractivity contribution in [3.8, 4) is 5.75 Å². The highest BCUT2D eigenvalue weighted by atomic mass is 16.5. The lowest BCUT2D eigenvalue weighted by molar-refractivity contribution is 0.0980. The van der Waals surface area contributed by atoms with Gasteiger partial charge in [0.2, 0.25) is 0 Å². The smallest absolute Gasteiger partial charge is 0.280 e. The Bertz CT molecular complexity index is 736. The number of hydrogen-bond donors (Lipinski definition) is 0. The summed E-state index contributed by atoms with van der Waals surface area (Å²) in [5.41, 5.74) is 3.61. The number of benzene rings is 1. The zero-order valence-corrected chi connectivity index (χ0v) is 12.6. The minimum atomic E-state index is -0.0455. The van der Waals surface area contributed by atoms with Crippen LogP contribution in [0.2, 0.25) is 0 Å². The topological polar surface area (TPSA) is 55.6 Å². The molecule has 1 aliphatic heterocycles. The number of carbonyl (C=O) groups is 1. The Morgan fingerprint density at radius 2 is 2.14 bits per heavy atom. The molecular weight excluding hydrogens is 280 g/mol. The summed E-state index contributed by atoms with van der Waals surface area (Å²) < 4.78 is 10.6. The molecule has 114 valence electrons. The van der Waals surface area contributed by atoms with E-state index in [-0.39, 0.29) is 5.91 Å². The van der Waals surface area contributed by atoms with E-state index in [1.54, 1.807) is 7.11 Å². The van der Waals surface area contributed by atoms with E-state index in [2.05, 4.69) is 5.16 Å². The second kappa shape index (κ2) is 5.16. The molecule has 4 rings (SSSR count). The third-order valence-electron chi connectivity index (χ3n) is 4.58. The van der Waals surface area contributed by atoms with Gasteiger partial charge in [-0.05, 0) is 49.4 Å². The first-order valence-electron chi connectivity index (χ1n) is 7.74. The molecule has 1 aromatic carbocycles. The largest absolute Gasteiger partial charge is 0.497 e. The molecule has 1 aliphatic carbocycles. The summed E-state index contributed by atoms with van der Waals surface area (Å²) in [7, 11) is 1.65. The summed E-state index contributed by atoms with van der Waals surface area (Å²) in [5, 5.41) is 4.06. The monoisotopic (exact) mass is 298 g/mol. The van der Waals surface area contributed by atoms with Gasteiger partial charge in [0, 0.05) is 24.2 Å². The van der Waals surface area contributed by atoms with Gasteiger partial charge in [0.05, 0.1) is 7.11 Å². The minimum absolute atomic E-state index is 0.0455. The molecule has 0 atom stereocenters. The zero-order chi connectivity index (χ0) is 15.1. The third kappa shape index (κ3) is 2.00. The molecule has 0 saturated carbocycles. The third-order valence-corrected chi connectivity index (χ3v) is 4.58. The van der Waals surface area contributed by atoms with Crippen molar-refractivity contribution in [2.24, 2.45) is 0 Å². The molecular formula is C17H18N2O3. The van der Waals surface area contributed by atoms with Crippen molar-refractivity contribution in [3.63, 3.8) is 0 Å². The number of carbonyl (C=O) groups excluding carboxylic acids is 1. The number of methoxy groups -OCH3 is 1. The van der Waals surface area contributed by atoms with Gasteiger partial charge >= 0.3 is 0 Å². The highest BCUT2D eigenvalue weighted by molar-refractivity contribution is 6.07. The van der Waals surface area contributed by atoms with Crippen LogP contribution in [0.3, 0.4) is 0 Å². The lowest BCUT2D eigenvalue weighted by atomic mass is 9.96. The maximum atomic E-state index is 12.9. The maximum absolute atomic E-state index is 12.9. The van der Waals surface area contributed by atoms with E-state index in [0.717, 1.165) is 60.4 Å². The summed E-state index contributed by atoms with van der Waals surface area (Å²) in [6, 6.07) is 5.84. The SMILES string of the molecule is COc1ccc2c(c1)CCN2C(=O)c1noc2c1CCCC2. The van der Waals surface area contributed by atoms with Gasteiger partial charge in [0.15, 0.2) is 5.69 Å². The van der Waals surface area contributed by atoms with E-state index in [4.69, 9.17) is 9.26 Å². The number of hydrogen-bond acceptors (Lipinski definition) is 4. The summed E-state index contributed by atoms with van der Waals surface area (Å²) >= 11 is 0. The molecule has 0 saturated heterocycles. The van der Waals surface area contributed by atoms with Crippen LogP contribution in [-0.4, -0.2) is 24.7 Å². The summed E-state index contributed by atoms with van der Waals surface area (Å²) in [6.45, 7) is 0.683. The second-order valence-corrected chi connectivity index (χ2v) is 5.84. The molecule has 5 heteroatoms. The average Bonchev–Trinajstić information content (AvgIpc) is 3.17. The Balaban J connectivity index is 1.67. The van der Waals surface area contributed by atoms with Gasteiger partial charge in [-0.2, -0.15) is 0 Å². The predicted molar refractivity (Wildman–Crippen MR) is 81.5 cm³/mol. The first-order valence-corrected chi connectivity index (χ1v) is 7.74. The van der Waals surface area contributed by atoms with Gasteiger partial charge in [0.25, 0.3) is 5.91 Å². The first kappa shape index (κ1) is 13.4. The van der Waals surface area contributed by atoms with E-state index >= 15 is 0 Å². The van der Waals surface area contributed by atoms with Crippen molar-refractivity contribution in [2.45, 2.75) is 32.1 Å². The molecule has 0 bridgehead atoms. The summed E-state index contributed by atoms with van der Waals surface area (Å²) in [4.78, 5) is 14.7. The Hall–Kier alpha value is -2.30. The first-order chi connectivity index (χ1) is 10.8. The lowest BCUT2D eigenvalue weighted by Gasteiger charge is -2.17. The normalized spacial score (nSPS) is 16.3. The van der Waals surface area contributed by atoms with Crippen LogP contribution in [0.5, 0.6) is 5.75 Å². The van der Waals surface area contributed by atoms with Crippen molar-refractivity contribution >= 4 is 11.6 Å². The minimum Gasteiger partial charge on any atom is -0.497 e. The van der Waals surface area contributed by atoms with Gasteiger partial charge < -0.3 is 14.2 Å². The van der Waals surface area contributed by atoms with Crippen LogP contribution < -0.4 is 9.64 Å². The van der Waals surface area contributed by atoms with Gasteiger partial charge in [-0.3, -0.25) is 4.79 Å². The molecule has 0 radical (unpaired) electrons. The van der Waals surface area contributed by atoms with Gasteiger partial charge in [0.1, 0.15) is 11.5 Å². The van der Waals surface area contributed by atoms with Crippen LogP contribution >= 0.6 is 0 Å². The Morgan fingerprint density at radius 1 is 1.27 bits per heavy atom. The molecule has 2 heterocycles. The van der Waals surface area contributed by atoms with E-state index in [0.29, 0.717) is 12.2 Å². The molecule has 0 fully saturated rings. The van der Waals surface area contributed by atoms with Crippen molar-refractivity contribution in [2.75, 3.05) is 18.6 Å². The van der Waals surface area contributed by atoms with Crippen molar-refractivity contribution in [1.82, 2.24) is 5.16 Å². The van der Waals surface area contributed by atoms with Crippen LogP contribution in [0, 0.1) is 0 Å². The Kier molecular flexibility index (Phi) is 3.13. The average molecular weight is 298 g/mol. The predicted octanol–water partition coefficient (Wildman–Crippen LogP) is 2.76. The number of amides is 1. The fraction of sp³-hybridized carbons (Fsp3) is 0.412. The Morgan fingerprint density at radius 3 is 3.00 bits per heavy atom. The number of aryl methyl sites for hydroxylation is 1. The molecule has 0 unspecified atom stereocenters. The lowest BCUT2D eigenvalue weighted by Crippen LogP contribution is -2.30. The fourth-order valence-corrected chi connectivity index (χ4v) is 3.40. The van der Waals surface area contributed by atoms with E-state index < -0.39 is 0 Å². The molecule has 2 aromatic rings. The standard InChI is InChI=1S/C17H18N2O3/c1-21-12-6-7-14-11(10-12)8-9-19(14)17(20)16-13-4-2-3-5-15(13)22-18-16/h6-7,10H,2-5,8-9H2,1H3. The van der Waals surface area contributed by atoms with E-state index in [9.17, 15) is 4.79 Å². The highest BCUT2D eigenvalue weighted by Crippen LogP contribution is 2.33. The maximum Gasteiger partial charge on any atom is 0.280 e. The molecule has 0 spiro atoms. The molecule has 1 amide bonds. The zero-order valence-electron chi connectivity index (χ0n) is 12.6. The molecule has 22 heavy (non-hydrogen) atoms. The molecule has 1 aromatic heterocycles. The summed E-state index contributed by atoms with van der Waals surface area (Å²) in [6.07, 6.45) is 4.84. The van der Waals surface area contributed by atoms with E-state index in [1.165, 1.54) is 0 Å².